The molecule has 7 heteroatoms. The zero-order valence-corrected chi connectivity index (χ0v) is 6.94. The van der Waals surface area contributed by atoms with Crippen LogP contribution in [0.15, 0.2) is 12.5 Å². The highest BCUT2D eigenvalue weighted by Crippen LogP contribution is 1.93. The lowest BCUT2D eigenvalue weighted by Gasteiger charge is -2.03. The highest BCUT2D eigenvalue weighted by molar-refractivity contribution is 5.93. The second kappa shape index (κ2) is 3.57. The van der Waals surface area contributed by atoms with E-state index in [4.69, 9.17) is 5.73 Å². The zero-order chi connectivity index (χ0) is 9.84. The van der Waals surface area contributed by atoms with Gasteiger partial charge in [-0.15, -0.1) is 0 Å². The lowest BCUT2D eigenvalue weighted by atomic mass is 10.4. The molecule has 7 nitrogen and oxygen atoms in total. The minimum Gasteiger partial charge on any atom is -0.350 e. The number of hydrogen-bond donors (Lipinski definition) is 3. The summed E-state index contributed by atoms with van der Waals surface area (Å²) in [6.45, 7) is 0. The molecule has 0 unspecified atom stereocenters. The number of amides is 3. The SMILES string of the molecule is Cn1cncc1C(=O)NNC(N)=O. The Hall–Kier alpha value is -2.05. The average Bonchev–Trinajstić information content (AvgIpc) is 2.47. The normalized spacial score (nSPS) is 9.31. The van der Waals surface area contributed by atoms with Crippen molar-refractivity contribution < 1.29 is 9.59 Å². The summed E-state index contributed by atoms with van der Waals surface area (Å²) >= 11 is 0. The monoisotopic (exact) mass is 183 g/mol. The van der Waals surface area contributed by atoms with Crippen LogP contribution in [-0.4, -0.2) is 21.5 Å². The molecule has 3 amide bonds. The summed E-state index contributed by atoms with van der Waals surface area (Å²) in [6.07, 6.45) is 2.84. The zero-order valence-electron chi connectivity index (χ0n) is 6.94. The summed E-state index contributed by atoms with van der Waals surface area (Å²) in [6, 6.07) is -0.824. The van der Waals surface area contributed by atoms with Crippen LogP contribution in [-0.2, 0) is 7.05 Å². The van der Waals surface area contributed by atoms with Crippen molar-refractivity contribution in [1.29, 1.82) is 0 Å². The number of imidazole rings is 1. The van der Waals surface area contributed by atoms with E-state index in [1.807, 2.05) is 5.43 Å². The molecule has 0 aliphatic heterocycles. The fraction of sp³-hybridized carbons (Fsp3) is 0.167. The summed E-state index contributed by atoms with van der Waals surface area (Å²) in [5.74, 6) is -0.473. The summed E-state index contributed by atoms with van der Waals surface area (Å²) in [5, 5.41) is 0. The van der Waals surface area contributed by atoms with Crippen molar-refractivity contribution >= 4 is 11.9 Å². The van der Waals surface area contributed by atoms with Crippen molar-refractivity contribution in [3.8, 4) is 0 Å². The molecular weight excluding hydrogens is 174 g/mol. The minimum absolute atomic E-state index is 0.328. The maximum Gasteiger partial charge on any atom is 0.330 e. The van der Waals surface area contributed by atoms with Crippen molar-refractivity contribution in [2.75, 3.05) is 0 Å². The molecule has 0 radical (unpaired) electrons. The van der Waals surface area contributed by atoms with Gasteiger partial charge in [0, 0.05) is 7.05 Å². The Morgan fingerprint density at radius 1 is 1.54 bits per heavy atom. The molecule has 0 aromatic carbocycles. The van der Waals surface area contributed by atoms with E-state index < -0.39 is 11.9 Å². The predicted molar refractivity (Wildman–Crippen MR) is 43.4 cm³/mol. The van der Waals surface area contributed by atoms with Gasteiger partial charge in [0.1, 0.15) is 5.69 Å². The number of nitrogens with one attached hydrogen (secondary N) is 2. The van der Waals surface area contributed by atoms with Crippen LogP contribution in [0.25, 0.3) is 0 Å². The van der Waals surface area contributed by atoms with Crippen molar-refractivity contribution in [1.82, 2.24) is 20.4 Å². The van der Waals surface area contributed by atoms with Crippen LogP contribution in [0.3, 0.4) is 0 Å². The van der Waals surface area contributed by atoms with Crippen molar-refractivity contribution in [2.24, 2.45) is 12.8 Å². The number of rotatable bonds is 1. The number of aromatic nitrogens is 2. The molecule has 0 saturated carbocycles. The second-order valence-electron chi connectivity index (χ2n) is 2.33. The van der Waals surface area contributed by atoms with Gasteiger partial charge in [-0.3, -0.25) is 10.2 Å². The number of carbonyl (C=O) groups is 2. The molecule has 1 rings (SSSR count). The van der Waals surface area contributed by atoms with Gasteiger partial charge < -0.3 is 10.3 Å². The molecule has 0 spiro atoms. The molecule has 0 aliphatic carbocycles. The summed E-state index contributed by atoms with van der Waals surface area (Å²) < 4.78 is 1.51. The summed E-state index contributed by atoms with van der Waals surface area (Å²) in [7, 11) is 1.66. The van der Waals surface area contributed by atoms with E-state index in [2.05, 4.69) is 10.4 Å². The Bertz CT molecular complexity index is 332. The number of primary amides is 1. The van der Waals surface area contributed by atoms with Gasteiger partial charge in [-0.05, 0) is 0 Å². The average molecular weight is 183 g/mol. The van der Waals surface area contributed by atoms with E-state index >= 15 is 0 Å². The molecule has 0 bridgehead atoms. The molecule has 13 heavy (non-hydrogen) atoms. The summed E-state index contributed by atoms with van der Waals surface area (Å²) in [5.41, 5.74) is 9.13. The molecule has 4 N–H and O–H groups in total. The van der Waals surface area contributed by atoms with Gasteiger partial charge in [-0.1, -0.05) is 0 Å². The lowest BCUT2D eigenvalue weighted by Crippen LogP contribution is -2.44. The quantitative estimate of drug-likeness (QED) is 0.473. The van der Waals surface area contributed by atoms with Gasteiger partial charge >= 0.3 is 6.03 Å². The van der Waals surface area contributed by atoms with E-state index in [0.29, 0.717) is 5.69 Å². The van der Waals surface area contributed by atoms with E-state index in [0.717, 1.165) is 0 Å². The first-order valence-corrected chi connectivity index (χ1v) is 3.43. The first kappa shape index (κ1) is 9.04. The highest BCUT2D eigenvalue weighted by Gasteiger charge is 2.08. The van der Waals surface area contributed by atoms with E-state index in [-0.39, 0.29) is 0 Å². The third-order valence-electron chi connectivity index (χ3n) is 1.35. The van der Waals surface area contributed by atoms with Crippen LogP contribution in [0.2, 0.25) is 0 Å². The number of nitrogens with zero attached hydrogens (tertiary/aromatic N) is 2. The number of hydrogen-bond acceptors (Lipinski definition) is 3. The Morgan fingerprint density at radius 2 is 2.23 bits per heavy atom. The number of urea groups is 1. The van der Waals surface area contributed by atoms with E-state index in [1.165, 1.54) is 17.1 Å². The Kier molecular flexibility index (Phi) is 2.48. The van der Waals surface area contributed by atoms with Crippen LogP contribution in [0, 0.1) is 0 Å². The van der Waals surface area contributed by atoms with Gasteiger partial charge in [0.05, 0.1) is 12.5 Å². The number of nitrogens with two attached hydrogens (primary N) is 1. The molecule has 0 saturated heterocycles. The first-order chi connectivity index (χ1) is 6.11. The van der Waals surface area contributed by atoms with Crippen LogP contribution < -0.4 is 16.6 Å². The molecule has 0 atom stereocenters. The number of aryl methyl sites for hydroxylation is 1. The standard InChI is InChI=1S/C6H9N5O2/c1-11-3-8-2-4(11)5(12)9-10-6(7)13/h2-3H,1H3,(H,9,12)(H3,7,10,13). The second-order valence-corrected chi connectivity index (χ2v) is 2.33. The molecule has 1 aromatic heterocycles. The molecular formula is C6H9N5O2. The fourth-order valence-corrected chi connectivity index (χ4v) is 0.758. The first-order valence-electron chi connectivity index (χ1n) is 3.43. The Balaban J connectivity index is 2.59. The Morgan fingerprint density at radius 3 is 2.69 bits per heavy atom. The van der Waals surface area contributed by atoms with Gasteiger partial charge in [0.25, 0.3) is 5.91 Å². The van der Waals surface area contributed by atoms with Crippen LogP contribution in [0.4, 0.5) is 4.79 Å². The topological polar surface area (TPSA) is 102 Å². The minimum atomic E-state index is -0.824. The van der Waals surface area contributed by atoms with Gasteiger partial charge in [0.15, 0.2) is 0 Å². The highest BCUT2D eigenvalue weighted by atomic mass is 16.2. The van der Waals surface area contributed by atoms with Crippen molar-refractivity contribution in [2.45, 2.75) is 0 Å². The Labute approximate surface area is 73.9 Å². The maximum absolute atomic E-state index is 11.2. The van der Waals surface area contributed by atoms with Crippen molar-refractivity contribution in [3.05, 3.63) is 18.2 Å². The third kappa shape index (κ3) is 2.19. The van der Waals surface area contributed by atoms with Crippen LogP contribution in [0.5, 0.6) is 0 Å². The molecule has 70 valence electrons. The van der Waals surface area contributed by atoms with Gasteiger partial charge in [-0.2, -0.15) is 0 Å². The van der Waals surface area contributed by atoms with Crippen LogP contribution in [0.1, 0.15) is 10.5 Å². The van der Waals surface area contributed by atoms with E-state index in [9.17, 15) is 9.59 Å². The molecule has 0 aliphatic rings. The number of hydrazine groups is 1. The maximum atomic E-state index is 11.2. The molecule has 0 fully saturated rings. The smallest absolute Gasteiger partial charge is 0.330 e. The molecule has 1 heterocycles. The third-order valence-corrected chi connectivity index (χ3v) is 1.35. The number of carbonyl (C=O) groups excluding carboxylic acids is 2. The predicted octanol–water partition coefficient (Wildman–Crippen LogP) is -1.27. The molecule has 1 aromatic rings. The van der Waals surface area contributed by atoms with Crippen molar-refractivity contribution in [3.63, 3.8) is 0 Å². The van der Waals surface area contributed by atoms with Crippen LogP contribution >= 0.6 is 0 Å². The van der Waals surface area contributed by atoms with E-state index in [1.54, 1.807) is 7.05 Å². The fourth-order valence-electron chi connectivity index (χ4n) is 0.758. The largest absolute Gasteiger partial charge is 0.350 e. The van der Waals surface area contributed by atoms with Gasteiger partial charge in [0.2, 0.25) is 0 Å². The lowest BCUT2D eigenvalue weighted by molar-refractivity contribution is 0.0929. The van der Waals surface area contributed by atoms with Gasteiger partial charge in [-0.25, -0.2) is 15.2 Å². The summed E-state index contributed by atoms with van der Waals surface area (Å²) in [4.78, 5) is 25.1.